The maximum atomic E-state index is 8.76. The van der Waals surface area contributed by atoms with Crippen molar-refractivity contribution in [3.05, 3.63) is 24.0 Å². The van der Waals surface area contributed by atoms with Gasteiger partial charge in [-0.3, -0.25) is 0 Å². The van der Waals surface area contributed by atoms with Crippen LogP contribution in [0.5, 0.6) is 0 Å². The molecule has 18 heavy (non-hydrogen) atoms. The fourth-order valence-corrected chi connectivity index (χ4v) is 1.75. The minimum Gasteiger partial charge on any atom is -0.396 e. The molecule has 0 aliphatic rings. The lowest BCUT2D eigenvalue weighted by Gasteiger charge is -2.08. The van der Waals surface area contributed by atoms with Crippen molar-refractivity contribution in [2.75, 3.05) is 6.61 Å². The topological polar surface area (TPSA) is 81.7 Å². The third kappa shape index (κ3) is 2.92. The summed E-state index contributed by atoms with van der Waals surface area (Å²) in [6, 6.07) is 0.278. The second kappa shape index (κ2) is 5.72. The quantitative estimate of drug-likeness (QED) is 0.803. The molecule has 1 N–H and O–H groups in total. The smallest absolute Gasteiger partial charge is 0.148 e. The van der Waals surface area contributed by atoms with Gasteiger partial charge in [-0.25, -0.2) is 14.3 Å². The van der Waals surface area contributed by atoms with Crippen LogP contribution < -0.4 is 0 Å². The van der Waals surface area contributed by atoms with Crippen LogP contribution >= 0.6 is 0 Å². The van der Waals surface area contributed by atoms with Crippen molar-refractivity contribution < 1.29 is 5.11 Å². The Morgan fingerprint density at radius 1 is 1.39 bits per heavy atom. The van der Waals surface area contributed by atoms with E-state index in [0.717, 1.165) is 17.9 Å². The van der Waals surface area contributed by atoms with Crippen molar-refractivity contribution >= 4 is 0 Å². The SMILES string of the molecule is CC(C)n1ncnc1Cn1cc(CCCO)nn1. The number of nitrogens with zero attached hydrogens (tertiary/aromatic N) is 6. The predicted molar refractivity (Wildman–Crippen MR) is 64.9 cm³/mol. The minimum atomic E-state index is 0.175. The Labute approximate surface area is 105 Å². The molecule has 0 fully saturated rings. The van der Waals surface area contributed by atoms with E-state index in [1.54, 1.807) is 11.0 Å². The summed E-state index contributed by atoms with van der Waals surface area (Å²) >= 11 is 0. The van der Waals surface area contributed by atoms with E-state index in [9.17, 15) is 0 Å². The van der Waals surface area contributed by atoms with Gasteiger partial charge in [0.2, 0.25) is 0 Å². The molecule has 2 aromatic heterocycles. The van der Waals surface area contributed by atoms with Gasteiger partial charge in [0, 0.05) is 18.8 Å². The normalized spacial score (nSPS) is 11.3. The molecule has 0 aliphatic heterocycles. The molecule has 0 unspecified atom stereocenters. The standard InChI is InChI=1S/C11H18N6O/c1-9(2)17-11(12-8-13-17)7-16-6-10(14-15-16)4-3-5-18/h6,8-9,18H,3-5,7H2,1-2H3. The second-order valence-corrected chi connectivity index (χ2v) is 4.45. The van der Waals surface area contributed by atoms with Crippen LogP contribution in [0.1, 0.15) is 37.8 Å². The molecule has 2 heterocycles. The molecule has 0 spiro atoms. The summed E-state index contributed by atoms with van der Waals surface area (Å²) < 4.78 is 3.62. The van der Waals surface area contributed by atoms with Crippen molar-refractivity contribution in [1.82, 2.24) is 29.8 Å². The fourth-order valence-electron chi connectivity index (χ4n) is 1.75. The lowest BCUT2D eigenvalue weighted by Crippen LogP contribution is -2.12. The molecular weight excluding hydrogens is 232 g/mol. The number of rotatable bonds is 6. The van der Waals surface area contributed by atoms with Gasteiger partial charge in [-0.1, -0.05) is 5.21 Å². The highest BCUT2D eigenvalue weighted by Gasteiger charge is 2.09. The molecule has 0 aromatic carbocycles. The Balaban J connectivity index is 2.04. The zero-order chi connectivity index (χ0) is 13.0. The molecule has 0 aliphatic carbocycles. The summed E-state index contributed by atoms with van der Waals surface area (Å²) in [5, 5.41) is 21.0. The fraction of sp³-hybridized carbons (Fsp3) is 0.636. The van der Waals surface area contributed by atoms with Crippen LogP contribution in [0.3, 0.4) is 0 Å². The summed E-state index contributed by atoms with van der Waals surface area (Å²) in [5.41, 5.74) is 0.889. The van der Waals surface area contributed by atoms with Crippen LogP contribution in [0.4, 0.5) is 0 Å². The number of hydrogen-bond donors (Lipinski definition) is 1. The van der Waals surface area contributed by atoms with Crippen LogP contribution in [0.25, 0.3) is 0 Å². The van der Waals surface area contributed by atoms with E-state index < -0.39 is 0 Å². The third-order valence-corrected chi connectivity index (χ3v) is 2.62. The molecule has 2 rings (SSSR count). The Hall–Kier alpha value is -1.76. The average Bonchev–Trinajstić information content (AvgIpc) is 2.96. The molecule has 98 valence electrons. The third-order valence-electron chi connectivity index (χ3n) is 2.62. The molecule has 7 heteroatoms. The highest BCUT2D eigenvalue weighted by Crippen LogP contribution is 2.07. The molecule has 2 aromatic rings. The summed E-state index contributed by atoms with van der Waals surface area (Å²) in [4.78, 5) is 4.23. The Bertz CT molecular complexity index is 489. The van der Waals surface area contributed by atoms with Gasteiger partial charge in [0.1, 0.15) is 18.7 Å². The first-order valence-corrected chi connectivity index (χ1v) is 6.09. The van der Waals surface area contributed by atoms with E-state index in [1.165, 1.54) is 0 Å². The number of aryl methyl sites for hydroxylation is 1. The molecule has 0 amide bonds. The van der Waals surface area contributed by atoms with Crippen LogP contribution in [-0.4, -0.2) is 41.5 Å². The van der Waals surface area contributed by atoms with E-state index in [1.807, 2.05) is 10.9 Å². The van der Waals surface area contributed by atoms with Gasteiger partial charge >= 0.3 is 0 Å². The largest absolute Gasteiger partial charge is 0.396 e. The van der Waals surface area contributed by atoms with Gasteiger partial charge in [-0.15, -0.1) is 5.10 Å². The highest BCUT2D eigenvalue weighted by atomic mass is 16.2. The van der Waals surface area contributed by atoms with E-state index >= 15 is 0 Å². The van der Waals surface area contributed by atoms with Gasteiger partial charge in [-0.05, 0) is 26.7 Å². The molecule has 0 radical (unpaired) electrons. The Morgan fingerprint density at radius 3 is 2.94 bits per heavy atom. The van der Waals surface area contributed by atoms with Crippen LogP contribution in [0, 0.1) is 0 Å². The first kappa shape index (κ1) is 12.7. The van der Waals surface area contributed by atoms with Gasteiger partial charge in [-0.2, -0.15) is 5.10 Å². The van der Waals surface area contributed by atoms with Crippen LogP contribution in [-0.2, 0) is 13.0 Å². The van der Waals surface area contributed by atoms with E-state index in [0.29, 0.717) is 13.0 Å². The lowest BCUT2D eigenvalue weighted by atomic mass is 10.3. The van der Waals surface area contributed by atoms with Gasteiger partial charge in [0.15, 0.2) is 0 Å². The van der Waals surface area contributed by atoms with Crippen LogP contribution in [0.2, 0.25) is 0 Å². The van der Waals surface area contributed by atoms with E-state index in [4.69, 9.17) is 5.11 Å². The zero-order valence-corrected chi connectivity index (χ0v) is 10.7. The highest BCUT2D eigenvalue weighted by molar-refractivity contribution is 4.95. The number of aromatic nitrogens is 6. The number of aliphatic hydroxyl groups is 1. The monoisotopic (exact) mass is 250 g/mol. The van der Waals surface area contributed by atoms with Crippen molar-refractivity contribution in [1.29, 1.82) is 0 Å². The Kier molecular flexibility index (Phi) is 4.03. The first-order chi connectivity index (χ1) is 8.70. The Morgan fingerprint density at radius 2 is 2.22 bits per heavy atom. The van der Waals surface area contributed by atoms with Gasteiger partial charge in [0.25, 0.3) is 0 Å². The van der Waals surface area contributed by atoms with Crippen molar-refractivity contribution in [2.45, 2.75) is 39.3 Å². The molecular formula is C11H18N6O. The van der Waals surface area contributed by atoms with Crippen molar-refractivity contribution in [3.8, 4) is 0 Å². The van der Waals surface area contributed by atoms with Crippen molar-refractivity contribution in [2.24, 2.45) is 0 Å². The summed E-state index contributed by atoms with van der Waals surface area (Å²) in [6.45, 7) is 4.86. The molecule has 0 atom stereocenters. The maximum absolute atomic E-state index is 8.76. The summed E-state index contributed by atoms with van der Waals surface area (Å²) in [6.07, 6.45) is 4.89. The van der Waals surface area contributed by atoms with Crippen molar-refractivity contribution in [3.63, 3.8) is 0 Å². The molecule has 0 saturated carbocycles. The predicted octanol–water partition coefficient (Wildman–Crippen LogP) is 0.424. The first-order valence-electron chi connectivity index (χ1n) is 6.09. The minimum absolute atomic E-state index is 0.175. The second-order valence-electron chi connectivity index (χ2n) is 4.45. The molecule has 0 saturated heterocycles. The van der Waals surface area contributed by atoms with Gasteiger partial charge < -0.3 is 5.11 Å². The lowest BCUT2D eigenvalue weighted by molar-refractivity contribution is 0.288. The molecule has 7 nitrogen and oxygen atoms in total. The summed E-state index contributed by atoms with van der Waals surface area (Å²) in [5.74, 6) is 0.864. The summed E-state index contributed by atoms with van der Waals surface area (Å²) in [7, 11) is 0. The maximum Gasteiger partial charge on any atom is 0.148 e. The molecule has 0 bridgehead atoms. The van der Waals surface area contributed by atoms with Gasteiger partial charge in [0.05, 0.1) is 5.69 Å². The average molecular weight is 250 g/mol. The number of hydrogen-bond acceptors (Lipinski definition) is 5. The zero-order valence-electron chi connectivity index (χ0n) is 10.7. The number of aliphatic hydroxyl groups excluding tert-OH is 1. The van der Waals surface area contributed by atoms with Crippen LogP contribution in [0.15, 0.2) is 12.5 Å². The van der Waals surface area contributed by atoms with E-state index in [-0.39, 0.29) is 12.6 Å². The van der Waals surface area contributed by atoms with E-state index in [2.05, 4.69) is 34.2 Å².